The first-order valence-electron chi connectivity index (χ1n) is 38.4. The van der Waals surface area contributed by atoms with Crippen LogP contribution in [0.1, 0.15) is 185 Å². The number of ether oxygens (including phenoxy) is 1. The van der Waals surface area contributed by atoms with Crippen LogP contribution in [0.5, 0.6) is 0 Å². The summed E-state index contributed by atoms with van der Waals surface area (Å²) in [7, 11) is 11.2. The SMILES string of the molecule is CCO[C@@H]1C[C@H]2C(=O)NC3(CC(C)(C)C3)C(=O)N(C)[C@@H](C(CC)CC)C(=O)N(C)[C@H](C(=O)N(C)C)CC(=O)N(C)[C@@H](C(C)C)C(=O)N[C@@H]([C@@H](C)CC)C(=O)N(C)CC(=O)N(C)[C@H]3C/C=C\CCN(C3=O)[C@@H](CC3CCC(C)CC3)C(=O)N(C)CC(=O)N[C@@H](CCC3CC(F)C(C(F)(F)F)C(F)C3)C(=O)N2C1. The molecule has 2 unspecified atom stereocenters. The average Bonchev–Trinajstić information content (AvgIpc) is 0.883. The van der Waals surface area contributed by atoms with Crippen LogP contribution in [0.2, 0.25) is 0 Å². The van der Waals surface area contributed by atoms with Gasteiger partial charge >= 0.3 is 6.18 Å². The standard InChI is InChI=1S/C76H123F5N12O13/c1-19-46(8)62-71(103)87(14)41-60(96)88(15)54-26-24-23-25-33-92(70(54)102)57(36-47-29-27-45(7)28-30-47)69(101)86(13)40-58(94)82-53(32-31-48-34-51(77)61(52(78)35-48)76(79,80)81)67(99)93-39-50(106-22-4)37-55(93)65(97)84-75(42-74(9,10)43-75)73(105)91(18)64(49(20-2)21-3)72(104)89(16)56(68(100)85(11)12)38-59(95)90(17)63(44(5)6)66(98)83-62/h23-24,44-57,61-64H,19-22,25-43H2,1-18H3,(H,82,94)(H,83,98)(H,84,97)/b24-23-/t45?,46-,47?,48?,50+,51?,52?,53-,54-,55-,56-,57-,61?,62-,63-,64-/m0/s1. The van der Waals surface area contributed by atoms with E-state index in [1.54, 1.807) is 33.8 Å². The van der Waals surface area contributed by atoms with E-state index in [4.69, 9.17) is 4.74 Å². The second kappa shape index (κ2) is 37.4. The summed E-state index contributed by atoms with van der Waals surface area (Å²) >= 11 is 0. The molecule has 106 heavy (non-hydrogen) atoms. The van der Waals surface area contributed by atoms with Gasteiger partial charge in [0, 0.05) is 82.5 Å². The molecular formula is C76H123F5N12O13. The highest BCUT2D eigenvalue weighted by molar-refractivity contribution is 6.01. The Morgan fingerprint density at radius 1 is 0.660 bits per heavy atom. The van der Waals surface area contributed by atoms with Crippen LogP contribution in [0.25, 0.3) is 0 Å². The maximum atomic E-state index is 15.8. The third-order valence-corrected chi connectivity index (χ3v) is 23.6. The van der Waals surface area contributed by atoms with Crippen LogP contribution in [-0.2, 0) is 62.3 Å². The van der Waals surface area contributed by atoms with Crippen molar-refractivity contribution in [2.24, 2.45) is 46.8 Å². The number of fused-ring (bicyclic) bond motifs is 3. The van der Waals surface area contributed by atoms with Gasteiger partial charge in [0.2, 0.25) is 70.9 Å². The lowest BCUT2D eigenvalue weighted by molar-refractivity contribution is -0.219. The lowest BCUT2D eigenvalue weighted by Gasteiger charge is -2.54. The molecule has 2 saturated heterocycles. The summed E-state index contributed by atoms with van der Waals surface area (Å²) in [5.41, 5.74) is -2.32. The number of carbonyl (C=O) groups excluding carboxylic acids is 12. The predicted molar refractivity (Wildman–Crippen MR) is 387 cm³/mol. The number of likely N-dealkylation sites (N-methyl/N-ethyl adjacent to an activating group) is 7. The number of carbonyl (C=O) groups is 12. The van der Waals surface area contributed by atoms with E-state index in [1.807, 2.05) is 40.7 Å². The summed E-state index contributed by atoms with van der Waals surface area (Å²) in [6.07, 6.45) is -5.77. The summed E-state index contributed by atoms with van der Waals surface area (Å²) in [4.78, 5) is 193. The van der Waals surface area contributed by atoms with E-state index in [2.05, 4.69) is 22.9 Å². The molecule has 0 aromatic carbocycles. The van der Waals surface area contributed by atoms with Crippen molar-refractivity contribution in [1.29, 1.82) is 0 Å². The Kier molecular flexibility index (Phi) is 31.0. The minimum absolute atomic E-state index is 0.00950. The molecule has 30 heteroatoms. The second-order valence-corrected chi connectivity index (χ2v) is 32.8. The first-order valence-corrected chi connectivity index (χ1v) is 38.4. The van der Waals surface area contributed by atoms with Crippen LogP contribution in [0, 0.1) is 46.8 Å². The van der Waals surface area contributed by atoms with Gasteiger partial charge in [-0.2, -0.15) is 13.2 Å². The monoisotopic (exact) mass is 1510 g/mol. The topological polar surface area (TPSA) is 279 Å². The minimum atomic E-state index is -5.18. The largest absolute Gasteiger partial charge is 0.397 e. The van der Waals surface area contributed by atoms with Crippen LogP contribution >= 0.6 is 0 Å². The first kappa shape index (κ1) is 87.9. The number of hydrogen-bond donors (Lipinski definition) is 3. The van der Waals surface area contributed by atoms with E-state index in [0.29, 0.717) is 31.6 Å². The number of amides is 12. The zero-order valence-corrected chi connectivity index (χ0v) is 66.0. The van der Waals surface area contributed by atoms with Gasteiger partial charge in [0.05, 0.1) is 25.6 Å². The lowest BCUT2D eigenvalue weighted by Crippen LogP contribution is -2.71. The summed E-state index contributed by atoms with van der Waals surface area (Å²) < 4.78 is 79.1. The molecule has 600 valence electrons. The van der Waals surface area contributed by atoms with Crippen LogP contribution in [0.15, 0.2) is 12.2 Å². The van der Waals surface area contributed by atoms with E-state index in [9.17, 15) is 41.9 Å². The lowest BCUT2D eigenvalue weighted by atomic mass is 9.58. The van der Waals surface area contributed by atoms with Crippen LogP contribution in [0.3, 0.4) is 0 Å². The van der Waals surface area contributed by atoms with Gasteiger partial charge in [-0.15, -0.1) is 0 Å². The summed E-state index contributed by atoms with van der Waals surface area (Å²) in [6, 6.07) is -10.8. The molecule has 3 saturated carbocycles. The highest BCUT2D eigenvalue weighted by atomic mass is 19.4. The van der Waals surface area contributed by atoms with Gasteiger partial charge < -0.3 is 64.8 Å². The van der Waals surface area contributed by atoms with Crippen LogP contribution in [0.4, 0.5) is 22.0 Å². The Morgan fingerprint density at radius 2 is 1.26 bits per heavy atom. The summed E-state index contributed by atoms with van der Waals surface area (Å²) in [6.45, 7) is 16.8. The van der Waals surface area contributed by atoms with Gasteiger partial charge in [0.25, 0.3) is 0 Å². The molecule has 25 nitrogen and oxygen atoms in total. The molecule has 5 fully saturated rings. The van der Waals surface area contributed by atoms with Crippen molar-refractivity contribution in [3.63, 3.8) is 0 Å². The van der Waals surface area contributed by atoms with Crippen molar-refractivity contribution in [2.45, 2.75) is 263 Å². The van der Waals surface area contributed by atoms with Crippen molar-refractivity contribution < 1.29 is 84.2 Å². The molecule has 1 spiro atoms. The zero-order valence-electron chi connectivity index (χ0n) is 66.0. The fourth-order valence-corrected chi connectivity index (χ4v) is 17.3. The molecule has 12 atom stereocenters. The smallest absolute Gasteiger partial charge is 0.377 e. The fourth-order valence-electron chi connectivity index (χ4n) is 17.3. The van der Waals surface area contributed by atoms with E-state index in [1.165, 1.54) is 85.8 Å². The fraction of sp³-hybridized carbons (Fsp3) is 0.816. The number of hydrogen-bond acceptors (Lipinski definition) is 13. The number of alkyl halides is 5. The molecule has 2 bridgehead atoms. The Bertz CT molecular complexity index is 3140. The second-order valence-electron chi connectivity index (χ2n) is 32.8. The van der Waals surface area contributed by atoms with Crippen molar-refractivity contribution in [1.82, 2.24) is 60.0 Å². The predicted octanol–water partition coefficient (Wildman–Crippen LogP) is 6.30. The van der Waals surface area contributed by atoms with Crippen molar-refractivity contribution >= 4 is 70.9 Å². The Hall–Kier alpha value is -7.01. The molecule has 3 aliphatic carbocycles. The molecule has 3 N–H and O–H groups in total. The maximum Gasteiger partial charge on any atom is 0.397 e. The van der Waals surface area contributed by atoms with Gasteiger partial charge in [-0.05, 0) is 106 Å². The molecule has 0 aromatic heterocycles. The Morgan fingerprint density at radius 3 is 1.81 bits per heavy atom. The summed E-state index contributed by atoms with van der Waals surface area (Å²) in [5, 5.41) is 8.60. The van der Waals surface area contributed by atoms with Crippen LogP contribution in [-0.4, -0.2) is 283 Å². The number of rotatable bonds is 14. The Balaban J connectivity index is 1.50. The average molecular weight is 1510 g/mol. The highest BCUT2D eigenvalue weighted by Gasteiger charge is 2.60. The van der Waals surface area contributed by atoms with E-state index < -0.39 is 223 Å². The maximum absolute atomic E-state index is 15.8. The Labute approximate surface area is 624 Å². The molecule has 3 aliphatic heterocycles. The van der Waals surface area contributed by atoms with E-state index in [-0.39, 0.29) is 64.1 Å². The van der Waals surface area contributed by atoms with Gasteiger partial charge in [0.1, 0.15) is 72.1 Å². The normalized spacial score (nSPS) is 31.8. The number of nitrogens with one attached hydrogen (secondary N) is 3. The van der Waals surface area contributed by atoms with E-state index in [0.717, 1.165) is 40.4 Å². The molecule has 0 aromatic rings. The summed E-state index contributed by atoms with van der Waals surface area (Å²) in [5.74, 6) is -14.0. The quantitative estimate of drug-likeness (QED) is 0.127. The van der Waals surface area contributed by atoms with Crippen LogP contribution < -0.4 is 16.0 Å². The van der Waals surface area contributed by atoms with Gasteiger partial charge in [0.15, 0.2) is 0 Å². The van der Waals surface area contributed by atoms with Crippen molar-refractivity contribution in [3.8, 4) is 0 Å². The zero-order chi connectivity index (χ0) is 79.5. The molecule has 6 rings (SSSR count). The molecule has 12 amide bonds. The first-order chi connectivity index (χ1) is 49.5. The molecule has 6 aliphatic rings. The molecule has 3 heterocycles. The van der Waals surface area contributed by atoms with Gasteiger partial charge in [-0.1, -0.05) is 119 Å². The number of halogens is 5. The molecule has 0 radical (unpaired) electrons. The van der Waals surface area contributed by atoms with E-state index >= 15 is 37.5 Å². The highest BCUT2D eigenvalue weighted by Crippen LogP contribution is 2.50. The van der Waals surface area contributed by atoms with Crippen molar-refractivity contribution in [3.05, 3.63) is 12.2 Å². The third-order valence-electron chi connectivity index (χ3n) is 23.6. The minimum Gasteiger partial charge on any atom is -0.377 e. The van der Waals surface area contributed by atoms with Gasteiger partial charge in [-0.25, -0.2) is 8.78 Å². The third kappa shape index (κ3) is 21.1. The molecular weight excluding hydrogens is 1380 g/mol. The van der Waals surface area contributed by atoms with Gasteiger partial charge in [-0.3, -0.25) is 57.5 Å². The number of nitrogens with zero attached hydrogens (tertiary/aromatic N) is 9. The van der Waals surface area contributed by atoms with Crippen molar-refractivity contribution in [2.75, 3.05) is 89.2 Å².